The maximum absolute atomic E-state index is 12.3. The molecule has 1 amide bonds. The van der Waals surface area contributed by atoms with Crippen molar-refractivity contribution >= 4 is 11.6 Å². The van der Waals surface area contributed by atoms with E-state index in [1.165, 1.54) is 18.2 Å². The van der Waals surface area contributed by atoms with Gasteiger partial charge in [-0.2, -0.15) is 5.26 Å². The van der Waals surface area contributed by atoms with E-state index in [-0.39, 0.29) is 11.3 Å². The van der Waals surface area contributed by atoms with Crippen LogP contribution in [0.5, 0.6) is 5.75 Å². The zero-order valence-electron chi connectivity index (χ0n) is 14.5. The van der Waals surface area contributed by atoms with Crippen LogP contribution >= 0.6 is 0 Å². The molecule has 0 bridgehead atoms. The highest BCUT2D eigenvalue weighted by Crippen LogP contribution is 2.37. The van der Waals surface area contributed by atoms with Gasteiger partial charge >= 0.3 is 0 Å². The number of carbonyl (C=O) groups is 1. The Labute approximate surface area is 156 Å². The van der Waals surface area contributed by atoms with Crippen LogP contribution in [-0.2, 0) is 4.79 Å². The number of aliphatic hydroxyl groups excluding tert-OH is 1. The SMILES string of the molecule is CN1C(=CC=C(C#N)NC(=O)C2=CC(=C(O)O)C=CC2)Oc2ccccc21. The van der Waals surface area contributed by atoms with Gasteiger partial charge in [0.1, 0.15) is 11.8 Å². The van der Waals surface area contributed by atoms with Crippen LogP contribution in [0.25, 0.3) is 0 Å². The van der Waals surface area contributed by atoms with Gasteiger partial charge in [0.05, 0.1) is 11.3 Å². The van der Waals surface area contributed by atoms with Crippen molar-refractivity contribution in [3.63, 3.8) is 0 Å². The van der Waals surface area contributed by atoms with E-state index in [2.05, 4.69) is 5.32 Å². The molecule has 1 aliphatic carbocycles. The summed E-state index contributed by atoms with van der Waals surface area (Å²) >= 11 is 0. The molecule has 0 saturated carbocycles. The van der Waals surface area contributed by atoms with Gasteiger partial charge in [-0.15, -0.1) is 0 Å². The van der Waals surface area contributed by atoms with Gasteiger partial charge in [0.15, 0.2) is 11.6 Å². The minimum absolute atomic E-state index is 0.0367. The average Bonchev–Trinajstić information content (AvgIpc) is 3.01. The maximum Gasteiger partial charge on any atom is 0.281 e. The fourth-order valence-corrected chi connectivity index (χ4v) is 2.64. The molecule has 0 aromatic heterocycles. The molecule has 0 saturated heterocycles. The van der Waals surface area contributed by atoms with E-state index in [1.807, 2.05) is 42.3 Å². The van der Waals surface area contributed by atoms with Gasteiger partial charge < -0.3 is 25.2 Å². The van der Waals surface area contributed by atoms with E-state index in [0.29, 0.717) is 23.6 Å². The van der Waals surface area contributed by atoms with E-state index < -0.39 is 11.9 Å². The molecule has 0 atom stereocenters. The Bertz CT molecular complexity index is 973. The zero-order chi connectivity index (χ0) is 19.4. The van der Waals surface area contributed by atoms with Crippen LogP contribution in [0, 0.1) is 11.3 Å². The summed E-state index contributed by atoms with van der Waals surface area (Å²) in [7, 11) is 1.84. The van der Waals surface area contributed by atoms with Crippen molar-refractivity contribution in [1.82, 2.24) is 5.32 Å². The second-order valence-electron chi connectivity index (χ2n) is 5.83. The second kappa shape index (κ2) is 7.54. The molecule has 0 spiro atoms. The molecule has 0 fully saturated rings. The summed E-state index contributed by atoms with van der Waals surface area (Å²) in [5.41, 5.74) is 1.38. The molecule has 27 heavy (non-hydrogen) atoms. The molecule has 1 aliphatic heterocycles. The van der Waals surface area contributed by atoms with Crippen molar-refractivity contribution in [3.8, 4) is 11.8 Å². The van der Waals surface area contributed by atoms with E-state index in [0.717, 1.165) is 5.69 Å². The lowest BCUT2D eigenvalue weighted by Gasteiger charge is -2.11. The van der Waals surface area contributed by atoms with Crippen molar-refractivity contribution < 1.29 is 19.7 Å². The summed E-state index contributed by atoms with van der Waals surface area (Å²) in [6.45, 7) is 0. The number of benzene rings is 1. The van der Waals surface area contributed by atoms with Crippen LogP contribution in [0.4, 0.5) is 5.69 Å². The van der Waals surface area contributed by atoms with Gasteiger partial charge in [-0.05, 0) is 30.7 Å². The standard InChI is InChI=1S/C20H17N3O4/c1-23-16-7-2-3-8-17(16)27-18(23)10-9-15(12-21)22-19(24)13-5-4-6-14(11-13)20(25)26/h2-4,6-11,25-26H,5H2,1H3,(H,22,24). The van der Waals surface area contributed by atoms with Gasteiger partial charge in [-0.25, -0.2) is 0 Å². The molecule has 0 unspecified atom stereocenters. The molecular formula is C20H17N3O4. The number of nitriles is 1. The Morgan fingerprint density at radius 3 is 2.85 bits per heavy atom. The maximum atomic E-state index is 12.3. The summed E-state index contributed by atoms with van der Waals surface area (Å²) in [6, 6.07) is 9.44. The van der Waals surface area contributed by atoms with Crippen LogP contribution in [0.15, 0.2) is 83.3 Å². The third kappa shape index (κ3) is 3.85. The number of para-hydroxylation sites is 2. The van der Waals surface area contributed by atoms with E-state index in [1.54, 1.807) is 12.2 Å². The number of ether oxygens (including phenoxy) is 1. The fraction of sp³-hybridized carbons (Fsp3) is 0.100. The van der Waals surface area contributed by atoms with Crippen LogP contribution in [-0.4, -0.2) is 23.2 Å². The molecule has 7 heteroatoms. The number of allylic oxidation sites excluding steroid dienone is 7. The predicted octanol–water partition coefficient (Wildman–Crippen LogP) is 3.09. The molecule has 0 radical (unpaired) electrons. The highest BCUT2D eigenvalue weighted by atomic mass is 16.5. The minimum atomic E-state index is -0.863. The largest absolute Gasteiger partial charge is 0.481 e. The van der Waals surface area contributed by atoms with Crippen molar-refractivity contribution in [1.29, 1.82) is 5.26 Å². The topological polar surface area (TPSA) is 106 Å². The third-order valence-corrected chi connectivity index (χ3v) is 4.05. The Kier molecular flexibility index (Phi) is 4.99. The predicted molar refractivity (Wildman–Crippen MR) is 99.5 cm³/mol. The van der Waals surface area contributed by atoms with Crippen LogP contribution in [0.2, 0.25) is 0 Å². The van der Waals surface area contributed by atoms with Gasteiger partial charge in [-0.3, -0.25) is 4.79 Å². The summed E-state index contributed by atoms with van der Waals surface area (Å²) in [4.78, 5) is 14.2. The lowest BCUT2D eigenvalue weighted by Crippen LogP contribution is -2.24. The van der Waals surface area contributed by atoms with Gasteiger partial charge in [0.25, 0.3) is 11.9 Å². The van der Waals surface area contributed by atoms with Crippen LogP contribution in [0.1, 0.15) is 6.42 Å². The Hall–Kier alpha value is -3.92. The van der Waals surface area contributed by atoms with Gasteiger partial charge in [0, 0.05) is 18.7 Å². The minimum Gasteiger partial charge on any atom is -0.481 e. The molecule has 136 valence electrons. The Morgan fingerprint density at radius 1 is 1.37 bits per heavy atom. The van der Waals surface area contributed by atoms with Crippen molar-refractivity contribution in [2.75, 3.05) is 11.9 Å². The molecule has 3 rings (SSSR count). The highest BCUT2D eigenvalue weighted by molar-refractivity contribution is 5.96. The first kappa shape index (κ1) is 17.9. The van der Waals surface area contributed by atoms with Crippen LogP contribution < -0.4 is 15.0 Å². The third-order valence-electron chi connectivity index (χ3n) is 4.05. The number of nitrogens with one attached hydrogen (secondary N) is 1. The second-order valence-corrected chi connectivity index (χ2v) is 5.83. The number of aliphatic hydroxyl groups is 2. The highest BCUT2D eigenvalue weighted by Gasteiger charge is 2.21. The van der Waals surface area contributed by atoms with Crippen molar-refractivity contribution in [2.24, 2.45) is 0 Å². The molecule has 3 N–H and O–H groups in total. The summed E-state index contributed by atoms with van der Waals surface area (Å²) < 4.78 is 5.71. The molecule has 1 heterocycles. The van der Waals surface area contributed by atoms with E-state index >= 15 is 0 Å². The number of nitrogens with zero attached hydrogens (tertiary/aromatic N) is 2. The quantitative estimate of drug-likeness (QED) is 0.563. The summed E-state index contributed by atoms with van der Waals surface area (Å²) in [6.07, 6.45) is 7.87. The van der Waals surface area contributed by atoms with E-state index in [4.69, 9.17) is 14.9 Å². The van der Waals surface area contributed by atoms with Crippen molar-refractivity contribution in [3.05, 3.63) is 83.3 Å². The van der Waals surface area contributed by atoms with Gasteiger partial charge in [0.2, 0.25) is 0 Å². The number of hydrogen-bond acceptors (Lipinski definition) is 6. The first-order valence-electron chi connectivity index (χ1n) is 8.13. The van der Waals surface area contributed by atoms with Gasteiger partial charge in [-0.1, -0.05) is 24.3 Å². The fourth-order valence-electron chi connectivity index (χ4n) is 2.64. The molecule has 2 aliphatic rings. The first-order chi connectivity index (χ1) is 13.0. The Morgan fingerprint density at radius 2 is 2.15 bits per heavy atom. The smallest absolute Gasteiger partial charge is 0.281 e. The molecule has 1 aromatic rings. The number of fused-ring (bicyclic) bond motifs is 1. The molecular weight excluding hydrogens is 346 g/mol. The lowest BCUT2D eigenvalue weighted by molar-refractivity contribution is -0.116. The Balaban J connectivity index is 1.74. The first-order valence-corrected chi connectivity index (χ1v) is 8.13. The summed E-state index contributed by atoms with van der Waals surface area (Å²) in [5.74, 6) is -0.121. The number of hydrogen-bond donors (Lipinski definition) is 3. The number of rotatable bonds is 3. The van der Waals surface area contributed by atoms with Crippen LogP contribution in [0.3, 0.4) is 0 Å². The number of anilines is 1. The van der Waals surface area contributed by atoms with Crippen molar-refractivity contribution in [2.45, 2.75) is 6.42 Å². The number of carbonyl (C=O) groups excluding carboxylic acids is 1. The summed E-state index contributed by atoms with van der Waals surface area (Å²) in [5, 5.41) is 30.1. The normalized spacial score (nSPS) is 17.1. The number of amides is 1. The average molecular weight is 363 g/mol. The lowest BCUT2D eigenvalue weighted by atomic mass is 10.0. The van der Waals surface area contributed by atoms with E-state index in [9.17, 15) is 10.1 Å². The zero-order valence-corrected chi connectivity index (χ0v) is 14.5. The monoisotopic (exact) mass is 363 g/mol. The molecule has 1 aromatic carbocycles. The molecule has 7 nitrogen and oxygen atoms in total.